The van der Waals surface area contributed by atoms with E-state index in [1.807, 2.05) is 39.5 Å². The Morgan fingerprint density at radius 2 is 1.93 bits per heavy atom. The Morgan fingerprint density at radius 3 is 2.70 bits per heavy atom. The lowest BCUT2D eigenvalue weighted by molar-refractivity contribution is 0.817. The summed E-state index contributed by atoms with van der Waals surface area (Å²) in [5.74, 6) is 0.748. The Bertz CT molecular complexity index is 1230. The molecule has 0 bridgehead atoms. The third kappa shape index (κ3) is 2.51. The number of hydrogen-bond acceptors (Lipinski definition) is 3. The van der Waals surface area contributed by atoms with Crippen LogP contribution in [0.3, 0.4) is 0 Å². The second-order valence-corrected chi connectivity index (χ2v) is 7.58. The second kappa shape index (κ2) is 6.08. The van der Waals surface area contributed by atoms with Crippen molar-refractivity contribution in [2.75, 3.05) is 0 Å². The van der Waals surface area contributed by atoms with Crippen LogP contribution in [0.15, 0.2) is 59.3 Å². The van der Waals surface area contributed by atoms with Gasteiger partial charge in [0.15, 0.2) is 5.82 Å². The SMILES string of the molecule is N#Cc1ccc(-c2cc3n(c2Cl)Cc2cc(Br)ccc2-n2cnnc2-3)cc1. The zero-order valence-electron chi connectivity index (χ0n) is 13.9. The van der Waals surface area contributed by atoms with Gasteiger partial charge in [0.05, 0.1) is 29.6 Å². The summed E-state index contributed by atoms with van der Waals surface area (Å²) in [4.78, 5) is 0. The zero-order valence-corrected chi connectivity index (χ0v) is 16.2. The molecule has 2 aromatic carbocycles. The number of nitrogens with zero attached hydrogens (tertiary/aromatic N) is 5. The number of benzene rings is 2. The van der Waals surface area contributed by atoms with Crippen molar-refractivity contribution in [1.82, 2.24) is 19.3 Å². The normalized spacial score (nSPS) is 11.9. The van der Waals surface area contributed by atoms with Gasteiger partial charge in [-0.2, -0.15) is 5.26 Å². The average Bonchev–Trinajstić information content (AvgIpc) is 3.25. The summed E-state index contributed by atoms with van der Waals surface area (Å²) in [6, 6.07) is 17.7. The van der Waals surface area contributed by atoms with Gasteiger partial charge in [-0.25, -0.2) is 0 Å². The van der Waals surface area contributed by atoms with E-state index < -0.39 is 0 Å². The number of hydrogen-bond donors (Lipinski definition) is 0. The van der Waals surface area contributed by atoms with Crippen LogP contribution in [-0.4, -0.2) is 19.3 Å². The fourth-order valence-corrected chi connectivity index (χ4v) is 4.19. The monoisotopic (exact) mass is 435 g/mol. The van der Waals surface area contributed by atoms with Gasteiger partial charge < -0.3 is 4.57 Å². The molecule has 0 aliphatic carbocycles. The minimum atomic E-state index is 0.620. The lowest BCUT2D eigenvalue weighted by Crippen LogP contribution is -2.01. The van der Waals surface area contributed by atoms with Gasteiger partial charge in [0.2, 0.25) is 0 Å². The van der Waals surface area contributed by atoms with Gasteiger partial charge in [-0.1, -0.05) is 39.7 Å². The number of halogens is 2. The molecule has 2 aromatic heterocycles. The van der Waals surface area contributed by atoms with Gasteiger partial charge in [0.25, 0.3) is 0 Å². The summed E-state index contributed by atoms with van der Waals surface area (Å²) in [6.45, 7) is 0.628. The van der Waals surface area contributed by atoms with E-state index in [-0.39, 0.29) is 0 Å². The molecule has 0 atom stereocenters. The van der Waals surface area contributed by atoms with Gasteiger partial charge in [-0.05, 0) is 47.5 Å². The summed E-state index contributed by atoms with van der Waals surface area (Å²) < 4.78 is 5.04. The maximum Gasteiger partial charge on any atom is 0.185 e. The third-order valence-corrected chi connectivity index (χ3v) is 5.66. The lowest BCUT2D eigenvalue weighted by atomic mass is 10.1. The summed E-state index contributed by atoms with van der Waals surface area (Å²) in [6.07, 6.45) is 1.72. The molecule has 27 heavy (non-hydrogen) atoms. The van der Waals surface area contributed by atoms with Crippen LogP contribution < -0.4 is 0 Å². The van der Waals surface area contributed by atoms with Crippen molar-refractivity contribution in [2.24, 2.45) is 0 Å². The van der Waals surface area contributed by atoms with Crippen LogP contribution in [-0.2, 0) is 6.54 Å². The third-order valence-electron chi connectivity index (χ3n) is 4.76. The van der Waals surface area contributed by atoms with Gasteiger partial charge in [0, 0.05) is 10.0 Å². The van der Waals surface area contributed by atoms with E-state index in [1.54, 1.807) is 18.5 Å². The smallest absolute Gasteiger partial charge is 0.185 e. The first-order valence-corrected chi connectivity index (χ1v) is 9.41. The zero-order chi connectivity index (χ0) is 18.5. The largest absolute Gasteiger partial charge is 0.324 e. The quantitative estimate of drug-likeness (QED) is 0.369. The first-order chi connectivity index (χ1) is 13.2. The van der Waals surface area contributed by atoms with Gasteiger partial charge >= 0.3 is 0 Å². The molecule has 5 nitrogen and oxygen atoms in total. The van der Waals surface area contributed by atoms with Crippen molar-refractivity contribution in [3.63, 3.8) is 0 Å². The van der Waals surface area contributed by atoms with Crippen molar-refractivity contribution >= 4 is 27.5 Å². The topological polar surface area (TPSA) is 59.4 Å². The van der Waals surface area contributed by atoms with Crippen LogP contribution in [0.1, 0.15) is 11.1 Å². The predicted molar refractivity (Wildman–Crippen MR) is 107 cm³/mol. The van der Waals surface area contributed by atoms with E-state index in [0.717, 1.165) is 38.4 Å². The average molecular weight is 437 g/mol. The lowest BCUT2D eigenvalue weighted by Gasteiger charge is -2.10. The summed E-state index contributed by atoms with van der Waals surface area (Å²) in [5.41, 5.74) is 5.55. The molecule has 1 aliphatic rings. The number of rotatable bonds is 1. The predicted octanol–water partition coefficient (Wildman–Crippen LogP) is 5.05. The van der Waals surface area contributed by atoms with E-state index in [9.17, 15) is 0 Å². The van der Waals surface area contributed by atoms with Crippen molar-refractivity contribution < 1.29 is 0 Å². The number of fused-ring (bicyclic) bond motifs is 5. The molecule has 130 valence electrons. The van der Waals surface area contributed by atoms with Crippen molar-refractivity contribution in [3.05, 3.63) is 75.6 Å². The highest BCUT2D eigenvalue weighted by Gasteiger charge is 2.25. The Labute approximate surface area is 168 Å². The van der Waals surface area contributed by atoms with Crippen molar-refractivity contribution in [1.29, 1.82) is 5.26 Å². The van der Waals surface area contributed by atoms with Crippen LogP contribution in [0.25, 0.3) is 28.3 Å². The molecule has 0 N–H and O–H groups in total. The van der Waals surface area contributed by atoms with Gasteiger partial charge in [-0.3, -0.25) is 4.57 Å². The van der Waals surface area contributed by atoms with Crippen LogP contribution in [0.5, 0.6) is 0 Å². The van der Waals surface area contributed by atoms with Crippen molar-refractivity contribution in [3.8, 4) is 34.4 Å². The molecule has 0 unspecified atom stereocenters. The van der Waals surface area contributed by atoms with Crippen LogP contribution in [0.2, 0.25) is 5.15 Å². The molecule has 3 heterocycles. The van der Waals surface area contributed by atoms with Gasteiger partial charge in [0.1, 0.15) is 11.5 Å². The molecule has 7 heteroatoms. The molecule has 0 saturated carbocycles. The summed E-state index contributed by atoms with van der Waals surface area (Å²) in [5, 5.41) is 18.1. The van der Waals surface area contributed by atoms with E-state index >= 15 is 0 Å². The van der Waals surface area contributed by atoms with E-state index in [4.69, 9.17) is 16.9 Å². The van der Waals surface area contributed by atoms with E-state index in [1.165, 1.54) is 0 Å². The molecule has 0 radical (unpaired) electrons. The molecule has 0 fully saturated rings. The fourth-order valence-electron chi connectivity index (χ4n) is 3.46. The minimum absolute atomic E-state index is 0.620. The highest BCUT2D eigenvalue weighted by Crippen LogP contribution is 2.39. The maximum absolute atomic E-state index is 9.02. The molecule has 4 aromatic rings. The molecule has 1 aliphatic heterocycles. The van der Waals surface area contributed by atoms with Crippen LogP contribution >= 0.6 is 27.5 Å². The molecular formula is C20H11BrClN5. The molecule has 5 rings (SSSR count). The Hall–Kier alpha value is -2.88. The standard InChI is InChI=1S/C20H11BrClN5/c21-15-5-6-17-14(7-15)10-26-18(20-25-24-11-27(17)20)8-16(19(26)22)13-3-1-12(9-23)2-4-13/h1-8,11H,10H2. The molecule has 0 saturated heterocycles. The Morgan fingerprint density at radius 1 is 1.11 bits per heavy atom. The first-order valence-electron chi connectivity index (χ1n) is 8.24. The van der Waals surface area contributed by atoms with E-state index in [2.05, 4.69) is 38.3 Å². The molecule has 0 amide bonds. The van der Waals surface area contributed by atoms with Crippen LogP contribution in [0, 0.1) is 11.3 Å². The summed E-state index contributed by atoms with van der Waals surface area (Å²) in [7, 11) is 0. The Kier molecular flexibility index (Phi) is 3.67. The first kappa shape index (κ1) is 16.3. The Balaban J connectivity index is 1.74. The molecular weight excluding hydrogens is 426 g/mol. The van der Waals surface area contributed by atoms with Crippen molar-refractivity contribution in [2.45, 2.75) is 6.54 Å². The molecule has 0 spiro atoms. The maximum atomic E-state index is 9.02. The summed E-state index contributed by atoms with van der Waals surface area (Å²) >= 11 is 10.3. The second-order valence-electron chi connectivity index (χ2n) is 6.31. The number of nitriles is 1. The highest BCUT2D eigenvalue weighted by molar-refractivity contribution is 9.10. The fraction of sp³-hybridized carbons (Fsp3) is 0.0500. The minimum Gasteiger partial charge on any atom is -0.324 e. The van der Waals surface area contributed by atoms with Gasteiger partial charge in [-0.15, -0.1) is 10.2 Å². The van der Waals surface area contributed by atoms with Crippen LogP contribution in [0.4, 0.5) is 0 Å². The number of aromatic nitrogens is 4. The van der Waals surface area contributed by atoms with E-state index in [0.29, 0.717) is 17.3 Å². The highest BCUT2D eigenvalue weighted by atomic mass is 79.9.